The minimum atomic E-state index is -0.189. The number of nitrogens with zero attached hydrogens (tertiary/aromatic N) is 2. The maximum atomic E-state index is 13.3. The predicted octanol–water partition coefficient (Wildman–Crippen LogP) is 2.82. The molecular weight excluding hydrogens is 329 g/mol. The van der Waals surface area contributed by atoms with Crippen LogP contribution in [0.4, 0.5) is 4.39 Å². The Morgan fingerprint density at radius 1 is 1.04 bits per heavy atom. The second kappa shape index (κ2) is 8.92. The van der Waals surface area contributed by atoms with E-state index in [4.69, 9.17) is 0 Å². The molecule has 2 aromatic carbocycles. The van der Waals surface area contributed by atoms with Gasteiger partial charge in [-0.05, 0) is 30.2 Å². The molecular formula is C21H26FN3O. The van der Waals surface area contributed by atoms with Gasteiger partial charge in [-0.25, -0.2) is 4.39 Å². The number of piperazine rings is 1. The van der Waals surface area contributed by atoms with Crippen molar-refractivity contribution in [2.24, 2.45) is 0 Å². The summed E-state index contributed by atoms with van der Waals surface area (Å²) in [5.41, 5.74) is 2.11. The average Bonchev–Trinajstić information content (AvgIpc) is 2.64. The maximum absolute atomic E-state index is 13.3. The van der Waals surface area contributed by atoms with Crippen LogP contribution in [0.1, 0.15) is 24.1 Å². The van der Waals surface area contributed by atoms with E-state index >= 15 is 0 Å². The van der Waals surface area contributed by atoms with Crippen LogP contribution < -0.4 is 5.32 Å². The van der Waals surface area contributed by atoms with Crippen LogP contribution in [0.3, 0.4) is 0 Å². The highest BCUT2D eigenvalue weighted by atomic mass is 19.1. The minimum absolute atomic E-state index is 0.0120. The van der Waals surface area contributed by atoms with Crippen molar-refractivity contribution in [3.05, 3.63) is 71.5 Å². The van der Waals surface area contributed by atoms with E-state index in [0.717, 1.165) is 43.9 Å². The Morgan fingerprint density at radius 2 is 1.73 bits per heavy atom. The van der Waals surface area contributed by atoms with Crippen molar-refractivity contribution in [3.63, 3.8) is 0 Å². The Morgan fingerprint density at radius 3 is 2.42 bits per heavy atom. The molecule has 0 aromatic heterocycles. The van der Waals surface area contributed by atoms with Crippen molar-refractivity contribution in [2.75, 3.05) is 32.7 Å². The van der Waals surface area contributed by atoms with E-state index in [1.807, 2.05) is 43.3 Å². The summed E-state index contributed by atoms with van der Waals surface area (Å²) in [5, 5.41) is 3.06. The molecule has 0 spiro atoms. The molecule has 0 bridgehead atoms. The van der Waals surface area contributed by atoms with Crippen LogP contribution in [0.25, 0.3) is 0 Å². The summed E-state index contributed by atoms with van der Waals surface area (Å²) in [6, 6.07) is 16.8. The van der Waals surface area contributed by atoms with Crippen molar-refractivity contribution in [1.29, 1.82) is 0 Å². The zero-order valence-corrected chi connectivity index (χ0v) is 15.2. The van der Waals surface area contributed by atoms with Gasteiger partial charge in [-0.15, -0.1) is 0 Å². The van der Waals surface area contributed by atoms with Crippen LogP contribution in [0, 0.1) is 5.82 Å². The SMILES string of the molecule is CC(NC(=O)CN1CCN(Cc2cccc(F)c2)CC1)c1ccccc1. The summed E-state index contributed by atoms with van der Waals surface area (Å²) in [4.78, 5) is 16.8. The monoisotopic (exact) mass is 355 g/mol. The minimum Gasteiger partial charge on any atom is -0.348 e. The Labute approximate surface area is 154 Å². The van der Waals surface area contributed by atoms with Crippen LogP contribution >= 0.6 is 0 Å². The summed E-state index contributed by atoms with van der Waals surface area (Å²) in [6.07, 6.45) is 0. The second-order valence-electron chi connectivity index (χ2n) is 6.88. The van der Waals surface area contributed by atoms with Crippen molar-refractivity contribution >= 4 is 5.91 Å². The lowest BCUT2D eigenvalue weighted by atomic mass is 10.1. The highest BCUT2D eigenvalue weighted by Crippen LogP contribution is 2.12. The van der Waals surface area contributed by atoms with Gasteiger partial charge in [0.05, 0.1) is 12.6 Å². The first-order chi connectivity index (χ1) is 12.6. The molecule has 1 amide bonds. The first-order valence-corrected chi connectivity index (χ1v) is 9.13. The molecule has 1 aliphatic rings. The third kappa shape index (κ3) is 5.38. The van der Waals surface area contributed by atoms with Crippen LogP contribution in [-0.2, 0) is 11.3 Å². The predicted molar refractivity (Wildman–Crippen MR) is 101 cm³/mol. The summed E-state index contributed by atoms with van der Waals surface area (Å²) >= 11 is 0. The summed E-state index contributed by atoms with van der Waals surface area (Å²) in [6.45, 7) is 6.65. The molecule has 138 valence electrons. The second-order valence-corrected chi connectivity index (χ2v) is 6.88. The van der Waals surface area contributed by atoms with Gasteiger partial charge in [0.25, 0.3) is 0 Å². The summed E-state index contributed by atoms with van der Waals surface area (Å²) in [5.74, 6) is -0.134. The fourth-order valence-electron chi connectivity index (χ4n) is 3.31. The number of carbonyl (C=O) groups excluding carboxylic acids is 1. The van der Waals surface area contributed by atoms with Crippen LogP contribution in [0.2, 0.25) is 0 Å². The normalized spacial score (nSPS) is 17.0. The molecule has 2 aromatic rings. The van der Waals surface area contributed by atoms with Gasteiger partial charge in [-0.1, -0.05) is 42.5 Å². The van der Waals surface area contributed by atoms with E-state index in [-0.39, 0.29) is 17.8 Å². The van der Waals surface area contributed by atoms with E-state index in [0.29, 0.717) is 6.54 Å². The Bertz CT molecular complexity index is 714. The van der Waals surface area contributed by atoms with Gasteiger partial charge in [0, 0.05) is 32.7 Å². The highest BCUT2D eigenvalue weighted by Gasteiger charge is 2.20. The molecule has 1 N–H and O–H groups in total. The number of halogens is 1. The molecule has 0 saturated carbocycles. The van der Waals surface area contributed by atoms with Crippen molar-refractivity contribution in [2.45, 2.75) is 19.5 Å². The van der Waals surface area contributed by atoms with E-state index in [1.165, 1.54) is 6.07 Å². The Balaban J connectivity index is 1.41. The lowest BCUT2D eigenvalue weighted by molar-refractivity contribution is -0.123. The molecule has 4 nitrogen and oxygen atoms in total. The smallest absolute Gasteiger partial charge is 0.234 e. The zero-order valence-electron chi connectivity index (χ0n) is 15.2. The largest absolute Gasteiger partial charge is 0.348 e. The van der Waals surface area contributed by atoms with Gasteiger partial charge in [-0.3, -0.25) is 14.6 Å². The Kier molecular flexibility index (Phi) is 6.36. The van der Waals surface area contributed by atoms with Crippen molar-refractivity contribution in [1.82, 2.24) is 15.1 Å². The van der Waals surface area contributed by atoms with Gasteiger partial charge in [0.15, 0.2) is 0 Å². The Hall–Kier alpha value is -2.24. The molecule has 5 heteroatoms. The maximum Gasteiger partial charge on any atom is 0.234 e. The quantitative estimate of drug-likeness (QED) is 0.866. The number of carbonyl (C=O) groups is 1. The number of amides is 1. The van der Waals surface area contributed by atoms with Crippen molar-refractivity contribution < 1.29 is 9.18 Å². The van der Waals surface area contributed by atoms with Gasteiger partial charge >= 0.3 is 0 Å². The number of hydrogen-bond acceptors (Lipinski definition) is 3. The van der Waals surface area contributed by atoms with Gasteiger partial charge < -0.3 is 5.32 Å². The molecule has 1 heterocycles. The van der Waals surface area contributed by atoms with Gasteiger partial charge in [-0.2, -0.15) is 0 Å². The zero-order chi connectivity index (χ0) is 18.4. The number of benzene rings is 2. The van der Waals surface area contributed by atoms with E-state index in [9.17, 15) is 9.18 Å². The average molecular weight is 355 g/mol. The molecule has 26 heavy (non-hydrogen) atoms. The lowest BCUT2D eigenvalue weighted by Gasteiger charge is -2.34. The van der Waals surface area contributed by atoms with Crippen LogP contribution in [-0.4, -0.2) is 48.4 Å². The molecule has 1 unspecified atom stereocenters. The van der Waals surface area contributed by atoms with E-state index in [2.05, 4.69) is 15.1 Å². The first-order valence-electron chi connectivity index (χ1n) is 9.13. The third-order valence-electron chi connectivity index (χ3n) is 4.80. The topological polar surface area (TPSA) is 35.6 Å². The molecule has 1 aliphatic heterocycles. The standard InChI is InChI=1S/C21H26FN3O/c1-17(19-7-3-2-4-8-19)23-21(26)16-25-12-10-24(11-13-25)15-18-6-5-9-20(22)14-18/h2-9,14,17H,10-13,15-16H2,1H3,(H,23,26). The fourth-order valence-corrected chi connectivity index (χ4v) is 3.31. The molecule has 1 saturated heterocycles. The molecule has 3 rings (SSSR count). The summed E-state index contributed by atoms with van der Waals surface area (Å²) < 4.78 is 13.3. The number of rotatable bonds is 6. The van der Waals surface area contributed by atoms with Crippen LogP contribution in [0.5, 0.6) is 0 Å². The molecule has 1 atom stereocenters. The summed E-state index contributed by atoms with van der Waals surface area (Å²) in [7, 11) is 0. The third-order valence-corrected chi connectivity index (χ3v) is 4.80. The highest BCUT2D eigenvalue weighted by molar-refractivity contribution is 5.78. The van der Waals surface area contributed by atoms with Crippen molar-refractivity contribution in [3.8, 4) is 0 Å². The first kappa shape index (κ1) is 18.5. The number of hydrogen-bond donors (Lipinski definition) is 1. The molecule has 0 radical (unpaired) electrons. The lowest BCUT2D eigenvalue weighted by Crippen LogP contribution is -2.49. The van der Waals surface area contributed by atoms with Gasteiger partial charge in [0.1, 0.15) is 5.82 Å². The molecule has 0 aliphatic carbocycles. The van der Waals surface area contributed by atoms with E-state index in [1.54, 1.807) is 12.1 Å². The fraction of sp³-hybridized carbons (Fsp3) is 0.381. The van der Waals surface area contributed by atoms with E-state index < -0.39 is 0 Å². The van der Waals surface area contributed by atoms with Gasteiger partial charge in [0.2, 0.25) is 5.91 Å². The molecule has 1 fully saturated rings. The number of nitrogens with one attached hydrogen (secondary N) is 1. The van der Waals surface area contributed by atoms with Crippen LogP contribution in [0.15, 0.2) is 54.6 Å².